The predicted molar refractivity (Wildman–Crippen MR) is 108 cm³/mol. The van der Waals surface area contributed by atoms with E-state index in [0.29, 0.717) is 22.4 Å². The molecule has 2 amide bonds. The van der Waals surface area contributed by atoms with Gasteiger partial charge in [0.2, 0.25) is 0 Å². The van der Waals surface area contributed by atoms with E-state index in [1.54, 1.807) is 36.0 Å². The molecule has 0 atom stereocenters. The number of rotatable bonds is 3. The van der Waals surface area contributed by atoms with E-state index in [-0.39, 0.29) is 17.2 Å². The topological polar surface area (TPSA) is 80.4 Å². The molecular weight excluding hydrogens is 374 g/mol. The molecule has 1 aromatic heterocycles. The first-order valence-corrected chi connectivity index (χ1v) is 9.58. The van der Waals surface area contributed by atoms with E-state index in [4.69, 9.17) is 11.6 Å². The van der Waals surface area contributed by atoms with Gasteiger partial charge in [-0.1, -0.05) is 37.2 Å². The number of hydrogen-bond donors (Lipinski definition) is 2. The Hall–Kier alpha value is -2.19. The van der Waals surface area contributed by atoms with Crippen molar-refractivity contribution in [2.75, 3.05) is 22.9 Å². The lowest BCUT2D eigenvalue weighted by molar-refractivity contribution is 0.262. The highest BCUT2D eigenvalue weighted by atomic mass is 35.5. The molecule has 2 N–H and O–H groups in total. The molecule has 1 aliphatic heterocycles. The summed E-state index contributed by atoms with van der Waals surface area (Å²) >= 11 is 7.38. The first-order chi connectivity index (χ1) is 12.4. The third-order valence-corrected chi connectivity index (χ3v) is 5.15. The first-order valence-electron chi connectivity index (χ1n) is 8.21. The fourth-order valence-electron chi connectivity index (χ4n) is 2.88. The second-order valence-corrected chi connectivity index (χ2v) is 7.65. The van der Waals surface area contributed by atoms with Gasteiger partial charge in [-0.15, -0.1) is 0 Å². The van der Waals surface area contributed by atoms with Gasteiger partial charge in [-0.25, -0.2) is 4.79 Å². The SMILES string of the molecule is CC(C)c1c(NC(=O)Nc2ccc(Cl)cc2)c(=O)n(C2=NCCS2)n1C. The Kier molecular flexibility index (Phi) is 5.43. The molecule has 26 heavy (non-hydrogen) atoms. The van der Waals surface area contributed by atoms with Crippen LogP contribution in [0.3, 0.4) is 0 Å². The fraction of sp³-hybridized carbons (Fsp3) is 0.353. The molecule has 9 heteroatoms. The van der Waals surface area contributed by atoms with Crippen LogP contribution in [0.4, 0.5) is 16.2 Å². The third-order valence-electron chi connectivity index (χ3n) is 3.95. The molecule has 0 saturated carbocycles. The standard InChI is InChI=1S/C17H20ClN5O2S/c1-10(2)14-13(15(24)23(22(14)3)17-19-8-9-26-17)21-16(25)20-12-6-4-11(18)5-7-12/h4-7,10H,8-9H2,1-3H3,(H2,20,21,25). The summed E-state index contributed by atoms with van der Waals surface area (Å²) in [6, 6.07) is 6.27. The molecule has 0 saturated heterocycles. The maximum atomic E-state index is 12.9. The number of anilines is 2. The van der Waals surface area contributed by atoms with Crippen LogP contribution >= 0.6 is 23.4 Å². The molecular formula is C17H20ClN5O2S. The van der Waals surface area contributed by atoms with Crippen molar-refractivity contribution in [2.24, 2.45) is 12.0 Å². The molecule has 7 nitrogen and oxygen atoms in total. The average Bonchev–Trinajstić information content (AvgIpc) is 3.17. The van der Waals surface area contributed by atoms with Gasteiger partial charge in [-0.2, -0.15) is 4.68 Å². The zero-order valence-electron chi connectivity index (χ0n) is 14.7. The third kappa shape index (κ3) is 3.66. The highest BCUT2D eigenvalue weighted by Gasteiger charge is 2.25. The van der Waals surface area contributed by atoms with Crippen molar-refractivity contribution in [1.29, 1.82) is 0 Å². The quantitative estimate of drug-likeness (QED) is 0.836. The fourth-order valence-corrected chi connectivity index (χ4v) is 3.88. The lowest BCUT2D eigenvalue weighted by Crippen LogP contribution is -2.29. The molecule has 1 aliphatic rings. The monoisotopic (exact) mass is 393 g/mol. The Balaban J connectivity index is 1.91. The molecule has 1 aromatic carbocycles. The first kappa shape index (κ1) is 18.6. The molecule has 0 unspecified atom stereocenters. The van der Waals surface area contributed by atoms with Gasteiger partial charge in [0.05, 0.1) is 12.2 Å². The molecule has 3 rings (SSSR count). The van der Waals surface area contributed by atoms with Crippen molar-refractivity contribution in [2.45, 2.75) is 19.8 Å². The predicted octanol–water partition coefficient (Wildman–Crippen LogP) is 3.56. The molecule has 0 radical (unpaired) electrons. The normalized spacial score (nSPS) is 13.8. The zero-order chi connectivity index (χ0) is 18.8. The van der Waals surface area contributed by atoms with Crippen LogP contribution in [0.1, 0.15) is 25.5 Å². The van der Waals surface area contributed by atoms with Crippen LogP contribution in [-0.4, -0.2) is 32.9 Å². The van der Waals surface area contributed by atoms with Crippen LogP contribution in [0.25, 0.3) is 0 Å². The Morgan fingerprint density at radius 1 is 1.27 bits per heavy atom. The van der Waals surface area contributed by atoms with E-state index in [1.165, 1.54) is 16.4 Å². The van der Waals surface area contributed by atoms with Crippen molar-refractivity contribution < 1.29 is 4.79 Å². The number of aromatic nitrogens is 2. The van der Waals surface area contributed by atoms with E-state index >= 15 is 0 Å². The van der Waals surface area contributed by atoms with E-state index < -0.39 is 6.03 Å². The number of aliphatic imine (C=N–C) groups is 1. The second-order valence-electron chi connectivity index (χ2n) is 6.15. The van der Waals surface area contributed by atoms with Crippen LogP contribution in [0.5, 0.6) is 0 Å². The Bertz CT molecular complexity index is 914. The van der Waals surface area contributed by atoms with Gasteiger partial charge in [0.1, 0.15) is 5.69 Å². The number of amides is 2. The molecule has 0 fully saturated rings. The van der Waals surface area contributed by atoms with Crippen LogP contribution in [0.2, 0.25) is 5.02 Å². The number of carbonyl (C=O) groups excluding carboxylic acids is 1. The van der Waals surface area contributed by atoms with Crippen LogP contribution in [0, 0.1) is 0 Å². The van der Waals surface area contributed by atoms with Gasteiger partial charge in [0.15, 0.2) is 5.17 Å². The summed E-state index contributed by atoms with van der Waals surface area (Å²) in [5.74, 6) is 0.899. The molecule has 138 valence electrons. The molecule has 0 bridgehead atoms. The molecule has 2 heterocycles. The molecule has 0 aliphatic carbocycles. The van der Waals surface area contributed by atoms with Crippen molar-refractivity contribution in [3.63, 3.8) is 0 Å². The summed E-state index contributed by atoms with van der Waals surface area (Å²) < 4.78 is 3.28. The van der Waals surface area contributed by atoms with Crippen molar-refractivity contribution >= 4 is 45.9 Å². The largest absolute Gasteiger partial charge is 0.323 e. The van der Waals surface area contributed by atoms with Gasteiger partial charge in [-0.05, 0) is 30.2 Å². The van der Waals surface area contributed by atoms with Gasteiger partial charge in [-0.3, -0.25) is 14.5 Å². The lowest BCUT2D eigenvalue weighted by Gasteiger charge is -2.12. The van der Waals surface area contributed by atoms with Gasteiger partial charge in [0.25, 0.3) is 5.56 Å². The lowest BCUT2D eigenvalue weighted by atomic mass is 10.1. The van der Waals surface area contributed by atoms with E-state index in [9.17, 15) is 9.59 Å². The summed E-state index contributed by atoms with van der Waals surface area (Å²) in [6.45, 7) is 4.64. The number of halogens is 1. The minimum Gasteiger partial charge on any atom is -0.308 e. The van der Waals surface area contributed by atoms with Crippen LogP contribution < -0.4 is 16.2 Å². The number of thioether (sulfide) groups is 1. The number of urea groups is 1. The van der Waals surface area contributed by atoms with Crippen molar-refractivity contribution in [3.05, 3.63) is 45.3 Å². The maximum absolute atomic E-state index is 12.9. The summed E-state index contributed by atoms with van der Waals surface area (Å²) in [6.07, 6.45) is 0. The van der Waals surface area contributed by atoms with E-state index in [2.05, 4.69) is 15.6 Å². The average molecular weight is 394 g/mol. The number of nitrogens with zero attached hydrogens (tertiary/aromatic N) is 3. The Morgan fingerprint density at radius 2 is 1.96 bits per heavy atom. The van der Waals surface area contributed by atoms with Crippen LogP contribution in [0.15, 0.2) is 34.1 Å². The summed E-state index contributed by atoms with van der Waals surface area (Å²) in [5, 5.41) is 6.65. The van der Waals surface area contributed by atoms with Crippen molar-refractivity contribution in [3.8, 4) is 0 Å². The Morgan fingerprint density at radius 3 is 2.54 bits per heavy atom. The van der Waals surface area contributed by atoms with E-state index in [1.807, 2.05) is 13.8 Å². The minimum absolute atomic E-state index is 0.0479. The second kappa shape index (κ2) is 7.59. The highest BCUT2D eigenvalue weighted by molar-refractivity contribution is 8.14. The Labute approximate surface area is 160 Å². The van der Waals surface area contributed by atoms with Crippen LogP contribution in [-0.2, 0) is 7.05 Å². The van der Waals surface area contributed by atoms with Gasteiger partial charge >= 0.3 is 6.03 Å². The molecule has 0 spiro atoms. The van der Waals surface area contributed by atoms with Gasteiger partial charge in [0, 0.05) is 23.5 Å². The summed E-state index contributed by atoms with van der Waals surface area (Å²) in [5.41, 5.74) is 1.32. The minimum atomic E-state index is -0.481. The number of benzene rings is 1. The number of carbonyl (C=O) groups is 1. The molecule has 2 aromatic rings. The summed E-state index contributed by atoms with van der Waals surface area (Å²) in [7, 11) is 1.81. The maximum Gasteiger partial charge on any atom is 0.323 e. The van der Waals surface area contributed by atoms with Crippen molar-refractivity contribution in [1.82, 2.24) is 9.36 Å². The number of hydrogen-bond acceptors (Lipinski definition) is 4. The van der Waals surface area contributed by atoms with E-state index in [0.717, 1.165) is 11.4 Å². The highest BCUT2D eigenvalue weighted by Crippen LogP contribution is 2.24. The zero-order valence-corrected chi connectivity index (χ0v) is 16.3. The smallest absolute Gasteiger partial charge is 0.308 e. The number of nitrogens with one attached hydrogen (secondary N) is 2. The van der Waals surface area contributed by atoms with Gasteiger partial charge < -0.3 is 10.6 Å². The summed E-state index contributed by atoms with van der Waals surface area (Å²) in [4.78, 5) is 29.7.